The van der Waals surface area contributed by atoms with Gasteiger partial charge in [0, 0.05) is 42.9 Å². The summed E-state index contributed by atoms with van der Waals surface area (Å²) in [4.78, 5) is 30.8. The molecule has 0 bridgehead atoms. The van der Waals surface area contributed by atoms with Crippen LogP contribution in [0, 0.1) is 5.92 Å². The molecule has 1 aliphatic carbocycles. The maximum absolute atomic E-state index is 12.3. The number of nitrogens with zero attached hydrogens (tertiary/aromatic N) is 2. The summed E-state index contributed by atoms with van der Waals surface area (Å²) in [5, 5.41) is 5.99. The second kappa shape index (κ2) is 7.68. The number of benzene rings is 1. The Labute approximate surface area is 162 Å². The largest absolute Gasteiger partial charge is 0.497 e. The SMILES string of the molecule is COc1ccc(-c2csc(CCNC(=O)[C@H]3CC(=O)N(C4CC4)C3)n2)cc1. The van der Waals surface area contributed by atoms with Gasteiger partial charge in [-0.2, -0.15) is 0 Å². The first-order chi connectivity index (χ1) is 13.1. The van der Waals surface area contributed by atoms with Gasteiger partial charge in [-0.3, -0.25) is 9.59 Å². The van der Waals surface area contributed by atoms with Crippen LogP contribution in [0.1, 0.15) is 24.3 Å². The van der Waals surface area contributed by atoms with Crippen molar-refractivity contribution in [1.29, 1.82) is 0 Å². The summed E-state index contributed by atoms with van der Waals surface area (Å²) in [6.45, 7) is 1.12. The standard InChI is InChI=1S/C20H23N3O3S/c1-26-16-6-2-13(3-7-16)17-12-27-18(22-17)8-9-21-20(25)14-10-19(24)23(11-14)15-4-5-15/h2-3,6-7,12,14-15H,4-5,8-11H2,1H3,(H,21,25)/t14-/m0/s1. The van der Waals surface area contributed by atoms with Crippen LogP contribution in [0.25, 0.3) is 11.3 Å². The second-order valence-corrected chi connectivity index (χ2v) is 8.02. The molecule has 2 amide bonds. The number of methoxy groups -OCH3 is 1. The first kappa shape index (κ1) is 18.0. The van der Waals surface area contributed by atoms with Crippen LogP contribution in [-0.2, 0) is 16.0 Å². The molecule has 27 heavy (non-hydrogen) atoms. The third kappa shape index (κ3) is 4.13. The van der Waals surface area contributed by atoms with Crippen molar-refractivity contribution in [3.05, 3.63) is 34.7 Å². The van der Waals surface area contributed by atoms with Crippen LogP contribution in [0.15, 0.2) is 29.6 Å². The highest BCUT2D eigenvalue weighted by molar-refractivity contribution is 7.09. The van der Waals surface area contributed by atoms with Gasteiger partial charge in [-0.15, -0.1) is 11.3 Å². The molecule has 1 aromatic heterocycles. The lowest BCUT2D eigenvalue weighted by molar-refractivity contribution is -0.129. The molecule has 1 atom stereocenters. The van der Waals surface area contributed by atoms with Crippen molar-refractivity contribution in [2.24, 2.45) is 5.92 Å². The van der Waals surface area contributed by atoms with Gasteiger partial charge in [0.1, 0.15) is 5.75 Å². The molecule has 4 rings (SSSR count). The summed E-state index contributed by atoms with van der Waals surface area (Å²) >= 11 is 1.60. The Morgan fingerprint density at radius 3 is 2.81 bits per heavy atom. The monoisotopic (exact) mass is 385 g/mol. The predicted molar refractivity (Wildman–Crippen MR) is 104 cm³/mol. The Morgan fingerprint density at radius 1 is 1.33 bits per heavy atom. The van der Waals surface area contributed by atoms with E-state index in [9.17, 15) is 9.59 Å². The molecule has 0 radical (unpaired) electrons. The lowest BCUT2D eigenvalue weighted by atomic mass is 10.1. The molecule has 7 heteroatoms. The number of ether oxygens (including phenoxy) is 1. The van der Waals surface area contributed by atoms with Gasteiger partial charge in [-0.25, -0.2) is 4.98 Å². The fourth-order valence-corrected chi connectivity index (χ4v) is 4.21. The van der Waals surface area contributed by atoms with Gasteiger partial charge in [-0.05, 0) is 37.1 Å². The average molecular weight is 385 g/mol. The van der Waals surface area contributed by atoms with Crippen molar-refractivity contribution in [2.75, 3.05) is 20.2 Å². The Hall–Kier alpha value is -2.41. The van der Waals surface area contributed by atoms with E-state index in [1.54, 1.807) is 18.4 Å². The van der Waals surface area contributed by atoms with Crippen molar-refractivity contribution >= 4 is 23.2 Å². The number of rotatable bonds is 7. The number of hydrogen-bond donors (Lipinski definition) is 1. The molecular formula is C20H23N3O3S. The van der Waals surface area contributed by atoms with Gasteiger partial charge >= 0.3 is 0 Å². The molecular weight excluding hydrogens is 362 g/mol. The van der Waals surface area contributed by atoms with Crippen LogP contribution in [0.3, 0.4) is 0 Å². The van der Waals surface area contributed by atoms with Gasteiger partial charge in [-0.1, -0.05) is 0 Å². The highest BCUT2D eigenvalue weighted by Crippen LogP contribution is 2.32. The van der Waals surface area contributed by atoms with Crippen LogP contribution in [-0.4, -0.2) is 47.9 Å². The maximum Gasteiger partial charge on any atom is 0.225 e. The van der Waals surface area contributed by atoms with E-state index in [0.717, 1.165) is 34.9 Å². The quantitative estimate of drug-likeness (QED) is 0.795. The highest BCUT2D eigenvalue weighted by Gasteiger charge is 2.41. The third-order valence-electron chi connectivity index (χ3n) is 5.09. The van der Waals surface area contributed by atoms with Crippen LogP contribution in [0.5, 0.6) is 5.75 Å². The lowest BCUT2D eigenvalue weighted by Crippen LogP contribution is -2.34. The summed E-state index contributed by atoms with van der Waals surface area (Å²) in [5.74, 6) is 0.729. The average Bonchev–Trinajstić information content (AvgIpc) is 3.29. The molecule has 1 aliphatic heterocycles. The summed E-state index contributed by atoms with van der Waals surface area (Å²) in [7, 11) is 1.65. The van der Waals surface area contributed by atoms with Crippen LogP contribution < -0.4 is 10.1 Å². The zero-order valence-corrected chi connectivity index (χ0v) is 16.1. The molecule has 1 aromatic carbocycles. The molecule has 0 spiro atoms. The van der Waals surface area contributed by atoms with Crippen molar-refractivity contribution in [2.45, 2.75) is 31.7 Å². The molecule has 0 unspecified atom stereocenters. The van der Waals surface area contributed by atoms with Crippen LogP contribution >= 0.6 is 11.3 Å². The number of hydrogen-bond acceptors (Lipinski definition) is 5. The van der Waals surface area contributed by atoms with E-state index in [-0.39, 0.29) is 17.7 Å². The number of likely N-dealkylation sites (tertiary alicyclic amines) is 1. The zero-order chi connectivity index (χ0) is 18.8. The van der Waals surface area contributed by atoms with Gasteiger partial charge in [0.2, 0.25) is 11.8 Å². The molecule has 1 saturated carbocycles. The Morgan fingerprint density at radius 2 is 2.11 bits per heavy atom. The third-order valence-corrected chi connectivity index (χ3v) is 6.00. The van der Waals surface area contributed by atoms with Crippen molar-refractivity contribution in [3.8, 4) is 17.0 Å². The predicted octanol–water partition coefficient (Wildman–Crippen LogP) is 2.49. The lowest BCUT2D eigenvalue weighted by Gasteiger charge is -2.15. The van der Waals surface area contributed by atoms with Gasteiger partial charge in [0.25, 0.3) is 0 Å². The number of thiazole rings is 1. The zero-order valence-electron chi connectivity index (χ0n) is 15.3. The maximum atomic E-state index is 12.3. The minimum atomic E-state index is -0.204. The summed E-state index contributed by atoms with van der Waals surface area (Å²) in [6.07, 6.45) is 3.21. The highest BCUT2D eigenvalue weighted by atomic mass is 32.1. The smallest absolute Gasteiger partial charge is 0.225 e. The number of aromatic nitrogens is 1. The topological polar surface area (TPSA) is 71.5 Å². The minimum Gasteiger partial charge on any atom is -0.497 e. The first-order valence-electron chi connectivity index (χ1n) is 9.30. The Bertz CT molecular complexity index is 829. The number of carbonyl (C=O) groups is 2. The summed E-state index contributed by atoms with van der Waals surface area (Å²) in [6, 6.07) is 8.21. The summed E-state index contributed by atoms with van der Waals surface area (Å²) < 4.78 is 5.18. The fraction of sp³-hybridized carbons (Fsp3) is 0.450. The normalized spacial score (nSPS) is 19.4. The Balaban J connectivity index is 1.26. The van der Waals surface area contributed by atoms with Gasteiger partial charge in [0.15, 0.2) is 0 Å². The Kier molecular flexibility index (Phi) is 5.11. The second-order valence-electron chi connectivity index (χ2n) is 7.07. The molecule has 2 heterocycles. The van der Waals surface area contributed by atoms with Gasteiger partial charge < -0.3 is 15.0 Å². The van der Waals surface area contributed by atoms with Gasteiger partial charge in [0.05, 0.1) is 23.7 Å². The van der Waals surface area contributed by atoms with E-state index >= 15 is 0 Å². The van der Waals surface area contributed by atoms with Crippen molar-refractivity contribution in [1.82, 2.24) is 15.2 Å². The van der Waals surface area contributed by atoms with E-state index in [1.165, 1.54) is 0 Å². The van der Waals surface area contributed by atoms with E-state index < -0.39 is 0 Å². The van der Waals surface area contributed by atoms with E-state index in [0.29, 0.717) is 32.0 Å². The van der Waals surface area contributed by atoms with Crippen molar-refractivity contribution < 1.29 is 14.3 Å². The van der Waals surface area contributed by atoms with Crippen LogP contribution in [0.2, 0.25) is 0 Å². The van der Waals surface area contributed by atoms with Crippen molar-refractivity contribution in [3.63, 3.8) is 0 Å². The van der Waals surface area contributed by atoms with E-state index in [2.05, 4.69) is 10.3 Å². The fourth-order valence-electron chi connectivity index (χ4n) is 3.40. The molecule has 1 saturated heterocycles. The number of amides is 2. The molecule has 1 N–H and O–H groups in total. The number of nitrogens with one attached hydrogen (secondary N) is 1. The molecule has 142 valence electrons. The minimum absolute atomic E-state index is 0.0153. The first-order valence-corrected chi connectivity index (χ1v) is 10.2. The number of carbonyl (C=O) groups excluding carboxylic acids is 2. The molecule has 2 fully saturated rings. The molecule has 2 aliphatic rings. The van der Waals surface area contributed by atoms with E-state index in [4.69, 9.17) is 4.74 Å². The molecule has 2 aromatic rings. The van der Waals surface area contributed by atoms with Crippen LogP contribution in [0.4, 0.5) is 0 Å². The van der Waals surface area contributed by atoms with E-state index in [1.807, 2.05) is 34.5 Å². The molecule has 6 nitrogen and oxygen atoms in total. The summed E-state index contributed by atoms with van der Waals surface area (Å²) in [5.41, 5.74) is 1.98.